The number of pyridine rings is 1. The molecule has 1 aliphatic carbocycles. The summed E-state index contributed by atoms with van der Waals surface area (Å²) in [6, 6.07) is 0.948. The summed E-state index contributed by atoms with van der Waals surface area (Å²) >= 11 is 0. The van der Waals surface area contributed by atoms with E-state index in [0.29, 0.717) is 18.6 Å². The van der Waals surface area contributed by atoms with Crippen LogP contribution in [0.5, 0.6) is 5.75 Å². The quantitative estimate of drug-likeness (QED) is 0.700. The lowest BCUT2D eigenvalue weighted by Crippen LogP contribution is -2.30. The van der Waals surface area contributed by atoms with Crippen LogP contribution in [0.15, 0.2) is 17.1 Å². The number of aromatic nitrogens is 1. The van der Waals surface area contributed by atoms with Crippen LogP contribution < -0.4 is 20.8 Å². The summed E-state index contributed by atoms with van der Waals surface area (Å²) < 4.78 is 51.5. The molecule has 0 amide bonds. The first-order chi connectivity index (χ1) is 14.7. The molecule has 7 nitrogen and oxygen atoms in total. The smallest absolute Gasteiger partial charge is 0.492 e. The second-order valence-electron chi connectivity index (χ2n) is 8.17. The lowest BCUT2D eigenvalue weighted by atomic mass is 10.0. The number of benzene rings is 1. The normalized spacial score (nSPS) is 19.5. The Labute approximate surface area is 177 Å². The summed E-state index contributed by atoms with van der Waals surface area (Å²) in [5.74, 6) is -1.76. The third-order valence-corrected chi connectivity index (χ3v) is 6.04. The standard InChI is InChI=1S/C20H23BF3N3O4/c1-10(25)11-5-6-26(8-11)17-15(22)7-13-16(19(17)30-2)27(12-3-4-12)9-14(18(13)28)20(29)31-21(23)24/h7,9-12H,3-6,8,25H2,1-2H3/t10-,11+/m1/s1. The molecular weight excluding hydrogens is 414 g/mol. The molecule has 31 heavy (non-hydrogen) atoms. The molecule has 1 aliphatic heterocycles. The van der Waals surface area contributed by atoms with Gasteiger partial charge < -0.3 is 24.6 Å². The summed E-state index contributed by atoms with van der Waals surface area (Å²) in [4.78, 5) is 26.8. The van der Waals surface area contributed by atoms with Crippen molar-refractivity contribution in [3.8, 4) is 5.75 Å². The number of methoxy groups -OCH3 is 1. The van der Waals surface area contributed by atoms with E-state index in [-0.39, 0.29) is 34.8 Å². The average molecular weight is 437 g/mol. The van der Waals surface area contributed by atoms with Crippen molar-refractivity contribution in [2.75, 3.05) is 25.1 Å². The van der Waals surface area contributed by atoms with Crippen LogP contribution in [0.4, 0.5) is 18.7 Å². The summed E-state index contributed by atoms with van der Waals surface area (Å²) in [7, 11) is -1.98. The highest BCUT2D eigenvalue weighted by Crippen LogP contribution is 2.44. The molecule has 2 aliphatic rings. The molecule has 1 saturated carbocycles. The van der Waals surface area contributed by atoms with Gasteiger partial charge in [-0.3, -0.25) is 4.79 Å². The van der Waals surface area contributed by atoms with Gasteiger partial charge in [-0.15, -0.1) is 0 Å². The molecule has 4 rings (SSSR count). The first-order valence-electron chi connectivity index (χ1n) is 10.2. The van der Waals surface area contributed by atoms with Crippen molar-refractivity contribution >= 4 is 30.0 Å². The van der Waals surface area contributed by atoms with Crippen molar-refractivity contribution in [2.24, 2.45) is 11.7 Å². The number of hydrogen-bond acceptors (Lipinski definition) is 6. The number of nitrogens with zero attached hydrogens (tertiary/aromatic N) is 2. The summed E-state index contributed by atoms with van der Waals surface area (Å²) in [6.07, 6.45) is 3.55. The first kappa shape index (κ1) is 21.5. The lowest BCUT2D eigenvalue weighted by molar-refractivity contribution is 0.0693. The molecule has 2 N–H and O–H groups in total. The highest BCUT2D eigenvalue weighted by atomic mass is 19.2. The van der Waals surface area contributed by atoms with Gasteiger partial charge in [0, 0.05) is 31.4 Å². The van der Waals surface area contributed by atoms with E-state index in [1.165, 1.54) is 13.3 Å². The predicted molar refractivity (Wildman–Crippen MR) is 110 cm³/mol. The van der Waals surface area contributed by atoms with Gasteiger partial charge in [-0.05, 0) is 38.2 Å². The topological polar surface area (TPSA) is 86.8 Å². The van der Waals surface area contributed by atoms with Crippen molar-refractivity contribution in [1.29, 1.82) is 0 Å². The molecule has 11 heteroatoms. The number of fused-ring (bicyclic) bond motifs is 1. The Morgan fingerprint density at radius 1 is 1.32 bits per heavy atom. The first-order valence-corrected chi connectivity index (χ1v) is 10.2. The van der Waals surface area contributed by atoms with Crippen molar-refractivity contribution < 1.29 is 27.2 Å². The van der Waals surface area contributed by atoms with E-state index in [1.807, 2.05) is 11.8 Å². The van der Waals surface area contributed by atoms with Crippen LogP contribution >= 0.6 is 0 Å². The fraction of sp³-hybridized carbons (Fsp3) is 0.500. The number of nitrogens with two attached hydrogens (primary N) is 1. The average Bonchev–Trinajstić information content (AvgIpc) is 3.43. The zero-order valence-corrected chi connectivity index (χ0v) is 17.2. The lowest BCUT2D eigenvalue weighted by Gasteiger charge is -2.25. The van der Waals surface area contributed by atoms with Gasteiger partial charge in [0.25, 0.3) is 0 Å². The Hall–Kier alpha value is -2.69. The number of rotatable bonds is 6. The fourth-order valence-electron chi connectivity index (χ4n) is 4.28. The van der Waals surface area contributed by atoms with E-state index in [0.717, 1.165) is 25.3 Å². The van der Waals surface area contributed by atoms with Crippen molar-refractivity contribution in [3.05, 3.63) is 33.9 Å². The Balaban J connectivity index is 1.92. The van der Waals surface area contributed by atoms with Crippen LogP contribution in [0.3, 0.4) is 0 Å². The molecule has 2 fully saturated rings. The Morgan fingerprint density at radius 3 is 2.58 bits per heavy atom. The number of carbonyl (C=O) groups excluding carboxylic acids is 1. The van der Waals surface area contributed by atoms with Crippen LogP contribution in [0.2, 0.25) is 0 Å². The van der Waals surface area contributed by atoms with Gasteiger partial charge in [-0.2, -0.15) is 0 Å². The molecule has 2 atom stereocenters. The van der Waals surface area contributed by atoms with Gasteiger partial charge >= 0.3 is 13.4 Å². The van der Waals surface area contributed by atoms with Gasteiger partial charge in [-0.1, -0.05) is 0 Å². The maximum absolute atomic E-state index is 15.3. The van der Waals surface area contributed by atoms with Crippen LogP contribution in [-0.4, -0.2) is 44.2 Å². The van der Waals surface area contributed by atoms with E-state index in [4.69, 9.17) is 10.5 Å². The van der Waals surface area contributed by atoms with E-state index in [2.05, 4.69) is 4.65 Å². The minimum absolute atomic E-state index is 0.0486. The maximum Gasteiger partial charge on any atom is 0.798 e. The number of anilines is 1. The second-order valence-corrected chi connectivity index (χ2v) is 8.17. The SMILES string of the molecule is COc1c(N2CC[C@H]([C@@H](C)N)C2)c(F)cc2c(=O)c(C(=O)OB(F)F)cn(C3CC3)c12. The Morgan fingerprint density at radius 2 is 2.03 bits per heavy atom. The van der Waals surface area contributed by atoms with Gasteiger partial charge in [0.15, 0.2) is 11.6 Å². The van der Waals surface area contributed by atoms with Gasteiger partial charge in [0.05, 0.1) is 18.0 Å². The van der Waals surface area contributed by atoms with E-state index in [9.17, 15) is 18.2 Å². The van der Waals surface area contributed by atoms with E-state index >= 15 is 4.39 Å². The van der Waals surface area contributed by atoms with Gasteiger partial charge in [0.2, 0.25) is 5.43 Å². The molecule has 0 bridgehead atoms. The molecule has 1 aromatic carbocycles. The zero-order chi connectivity index (χ0) is 22.4. The third kappa shape index (κ3) is 3.86. The largest absolute Gasteiger partial charge is 0.798 e. The number of hydrogen-bond donors (Lipinski definition) is 1. The summed E-state index contributed by atoms with van der Waals surface area (Å²) in [5.41, 5.74) is 5.14. The Bertz CT molecular complexity index is 1090. The second kappa shape index (κ2) is 8.10. The number of carbonyl (C=O) groups is 1. The van der Waals surface area contributed by atoms with Gasteiger partial charge in [-0.25, -0.2) is 17.8 Å². The van der Waals surface area contributed by atoms with E-state index in [1.54, 1.807) is 4.57 Å². The van der Waals surface area contributed by atoms with Crippen LogP contribution in [0.25, 0.3) is 10.9 Å². The molecule has 1 aromatic heterocycles. The molecule has 0 radical (unpaired) electrons. The zero-order valence-electron chi connectivity index (χ0n) is 17.2. The predicted octanol–water partition coefficient (Wildman–Crippen LogP) is 2.74. The Kier molecular flexibility index (Phi) is 5.63. The van der Waals surface area contributed by atoms with Crippen molar-refractivity contribution in [3.63, 3.8) is 0 Å². The molecule has 166 valence electrons. The molecule has 1 saturated heterocycles. The monoisotopic (exact) mass is 437 g/mol. The molecular formula is C20H23BF3N3O4. The molecule has 0 unspecified atom stereocenters. The number of halogens is 3. The van der Waals surface area contributed by atoms with Crippen LogP contribution in [-0.2, 0) is 4.65 Å². The minimum atomic E-state index is -3.36. The molecule has 2 aromatic rings. The molecule has 2 heterocycles. The maximum atomic E-state index is 15.3. The highest BCUT2D eigenvalue weighted by molar-refractivity contribution is 6.38. The number of ether oxygens (including phenoxy) is 1. The van der Waals surface area contributed by atoms with Crippen LogP contribution in [0, 0.1) is 11.7 Å². The minimum Gasteiger partial charge on any atom is -0.492 e. The van der Waals surface area contributed by atoms with Gasteiger partial charge in [0.1, 0.15) is 11.3 Å². The van der Waals surface area contributed by atoms with Crippen molar-refractivity contribution in [1.82, 2.24) is 4.57 Å². The van der Waals surface area contributed by atoms with E-state index < -0.39 is 30.2 Å². The van der Waals surface area contributed by atoms with Crippen LogP contribution in [0.1, 0.15) is 42.6 Å². The summed E-state index contributed by atoms with van der Waals surface area (Å²) in [5, 5.41) is -0.114. The van der Waals surface area contributed by atoms with Crippen molar-refractivity contribution in [2.45, 2.75) is 38.3 Å². The fourth-order valence-corrected chi connectivity index (χ4v) is 4.28. The molecule has 0 spiro atoms. The third-order valence-electron chi connectivity index (χ3n) is 6.04. The summed E-state index contributed by atoms with van der Waals surface area (Å²) in [6.45, 7) is 3.03. The highest BCUT2D eigenvalue weighted by Gasteiger charge is 2.34.